The third kappa shape index (κ3) is 6.93. The van der Waals surface area contributed by atoms with Gasteiger partial charge in [-0.1, -0.05) is 18.2 Å². The van der Waals surface area contributed by atoms with Crippen molar-refractivity contribution in [2.45, 2.75) is 64.0 Å². The molecule has 4 rings (SSSR count). The van der Waals surface area contributed by atoms with E-state index in [2.05, 4.69) is 37.6 Å². The number of carboxylic acids is 1. The Morgan fingerprint density at radius 2 is 2.00 bits per heavy atom. The molecular formula is C28H38N6O3. The second-order valence-corrected chi connectivity index (χ2v) is 10.3. The number of fused-ring (bicyclic) bond motifs is 2. The van der Waals surface area contributed by atoms with E-state index in [-0.39, 0.29) is 6.61 Å². The molecule has 198 valence electrons. The summed E-state index contributed by atoms with van der Waals surface area (Å²) in [4.78, 5) is 27.6. The molecule has 2 aromatic heterocycles. The van der Waals surface area contributed by atoms with Crippen LogP contribution in [0.2, 0.25) is 0 Å². The van der Waals surface area contributed by atoms with E-state index >= 15 is 0 Å². The molecule has 3 heterocycles. The maximum absolute atomic E-state index is 12.1. The minimum atomic E-state index is -0.934. The Kier molecular flexibility index (Phi) is 8.89. The summed E-state index contributed by atoms with van der Waals surface area (Å²) in [5.74, 6) is 0.602. The number of aliphatic carboxylic acids is 1. The zero-order chi connectivity index (χ0) is 26.3. The van der Waals surface area contributed by atoms with Crippen LogP contribution >= 0.6 is 0 Å². The first-order valence-electron chi connectivity index (χ1n) is 13.1. The van der Waals surface area contributed by atoms with E-state index in [1.807, 2.05) is 38.1 Å². The van der Waals surface area contributed by atoms with E-state index in [0.29, 0.717) is 18.8 Å². The van der Waals surface area contributed by atoms with Gasteiger partial charge in [-0.25, -0.2) is 19.7 Å². The lowest BCUT2D eigenvalue weighted by molar-refractivity contribution is -0.138. The van der Waals surface area contributed by atoms with Crippen molar-refractivity contribution in [3.63, 3.8) is 0 Å². The van der Waals surface area contributed by atoms with Crippen LogP contribution in [0.5, 0.6) is 0 Å². The molecule has 0 radical (unpaired) electrons. The first-order chi connectivity index (χ1) is 17.9. The maximum atomic E-state index is 12.1. The van der Waals surface area contributed by atoms with Crippen LogP contribution in [0.15, 0.2) is 42.7 Å². The van der Waals surface area contributed by atoms with Crippen molar-refractivity contribution in [2.24, 2.45) is 0 Å². The number of anilines is 2. The summed E-state index contributed by atoms with van der Waals surface area (Å²) in [5.41, 5.74) is 2.69. The number of hydrogen-bond acceptors (Lipinski definition) is 8. The standard InChI is InChI=1S/C28H38N6O3/c1-28(2,18-35)34(16-6-5-9-21-13-12-20-8-7-15-29-25(20)32-21)17-14-24(27(36)37)33-26-22-10-3-4-11-23(22)30-19-31-26/h3-4,10-13,19,24,35H,5-9,14-18H2,1-2H3,(H,29,32)(H,36,37)(H,30,31,33). The second kappa shape index (κ2) is 12.3. The number of pyridine rings is 1. The second-order valence-electron chi connectivity index (χ2n) is 10.3. The molecule has 1 aromatic carbocycles. The molecule has 0 saturated carbocycles. The molecule has 0 saturated heterocycles. The van der Waals surface area contributed by atoms with Crippen molar-refractivity contribution in [3.8, 4) is 0 Å². The molecule has 0 fully saturated rings. The number of aliphatic hydroxyl groups is 1. The molecule has 0 spiro atoms. The normalized spacial score (nSPS) is 14.3. The number of aliphatic hydroxyl groups excluding tert-OH is 1. The van der Waals surface area contributed by atoms with E-state index in [9.17, 15) is 15.0 Å². The van der Waals surface area contributed by atoms with Crippen LogP contribution in [-0.4, -0.2) is 73.9 Å². The number of carbonyl (C=O) groups is 1. The molecule has 1 aliphatic rings. The topological polar surface area (TPSA) is 124 Å². The maximum Gasteiger partial charge on any atom is 0.326 e. The van der Waals surface area contributed by atoms with Gasteiger partial charge < -0.3 is 20.8 Å². The molecule has 4 N–H and O–H groups in total. The van der Waals surface area contributed by atoms with Gasteiger partial charge in [0.05, 0.1) is 12.1 Å². The van der Waals surface area contributed by atoms with Gasteiger partial charge in [0.15, 0.2) is 0 Å². The average Bonchev–Trinajstić information content (AvgIpc) is 2.91. The monoisotopic (exact) mass is 506 g/mol. The quantitative estimate of drug-likeness (QED) is 0.257. The summed E-state index contributed by atoms with van der Waals surface area (Å²) in [6, 6.07) is 11.0. The lowest BCUT2D eigenvalue weighted by Crippen LogP contribution is -2.49. The fourth-order valence-corrected chi connectivity index (χ4v) is 4.76. The summed E-state index contributed by atoms with van der Waals surface area (Å²) >= 11 is 0. The van der Waals surface area contributed by atoms with Crippen molar-refractivity contribution in [1.82, 2.24) is 19.9 Å². The molecule has 3 aromatic rings. The number of para-hydroxylation sites is 1. The number of hydrogen-bond donors (Lipinski definition) is 4. The van der Waals surface area contributed by atoms with Crippen LogP contribution in [0.3, 0.4) is 0 Å². The van der Waals surface area contributed by atoms with Gasteiger partial charge in [0.25, 0.3) is 0 Å². The van der Waals surface area contributed by atoms with Gasteiger partial charge in [0.2, 0.25) is 0 Å². The van der Waals surface area contributed by atoms with E-state index < -0.39 is 17.6 Å². The highest BCUT2D eigenvalue weighted by Crippen LogP contribution is 2.23. The number of nitrogens with one attached hydrogen (secondary N) is 2. The zero-order valence-electron chi connectivity index (χ0n) is 21.8. The van der Waals surface area contributed by atoms with Gasteiger partial charge in [0, 0.05) is 29.7 Å². The Labute approximate surface area is 218 Å². The van der Waals surface area contributed by atoms with Crippen molar-refractivity contribution in [2.75, 3.05) is 36.9 Å². The number of rotatable bonds is 13. The highest BCUT2D eigenvalue weighted by molar-refractivity contribution is 5.90. The molecule has 0 aliphatic carbocycles. The van der Waals surface area contributed by atoms with Crippen molar-refractivity contribution in [3.05, 3.63) is 54.0 Å². The predicted octanol–water partition coefficient (Wildman–Crippen LogP) is 3.73. The Morgan fingerprint density at radius 3 is 2.81 bits per heavy atom. The minimum Gasteiger partial charge on any atom is -0.480 e. The van der Waals surface area contributed by atoms with Gasteiger partial charge >= 0.3 is 5.97 Å². The fourth-order valence-electron chi connectivity index (χ4n) is 4.76. The molecule has 1 aliphatic heterocycles. The largest absolute Gasteiger partial charge is 0.480 e. The molecule has 0 amide bonds. The molecule has 9 heteroatoms. The van der Waals surface area contributed by atoms with Gasteiger partial charge in [-0.15, -0.1) is 0 Å². The Hall–Kier alpha value is -3.30. The van der Waals surface area contributed by atoms with Gasteiger partial charge in [0.1, 0.15) is 24.0 Å². The number of aromatic nitrogens is 3. The molecule has 9 nitrogen and oxygen atoms in total. The lowest BCUT2D eigenvalue weighted by Gasteiger charge is -2.38. The van der Waals surface area contributed by atoms with Crippen LogP contribution < -0.4 is 10.6 Å². The van der Waals surface area contributed by atoms with Crippen molar-refractivity contribution in [1.29, 1.82) is 0 Å². The van der Waals surface area contributed by atoms with E-state index in [1.54, 1.807) is 0 Å². The van der Waals surface area contributed by atoms with E-state index in [0.717, 1.165) is 67.6 Å². The van der Waals surface area contributed by atoms with E-state index in [1.165, 1.54) is 11.9 Å². The Bertz CT molecular complexity index is 1200. The van der Waals surface area contributed by atoms with Crippen LogP contribution in [0.25, 0.3) is 10.9 Å². The zero-order valence-corrected chi connectivity index (χ0v) is 21.8. The molecular weight excluding hydrogens is 468 g/mol. The molecule has 1 atom stereocenters. The van der Waals surface area contributed by atoms with Gasteiger partial charge in [-0.05, 0) is 82.7 Å². The SMILES string of the molecule is CC(C)(CO)N(CCCCc1ccc2c(n1)NCCC2)CCC(Nc1ncnc2ccccc12)C(=O)O. The van der Waals surface area contributed by atoms with Crippen molar-refractivity contribution < 1.29 is 15.0 Å². The summed E-state index contributed by atoms with van der Waals surface area (Å²) in [7, 11) is 0. The van der Waals surface area contributed by atoms with Gasteiger partial charge in [-0.3, -0.25) is 4.90 Å². The van der Waals surface area contributed by atoms with Crippen LogP contribution in [0.4, 0.5) is 11.6 Å². The first-order valence-corrected chi connectivity index (χ1v) is 13.1. The Morgan fingerprint density at radius 1 is 1.16 bits per heavy atom. The summed E-state index contributed by atoms with van der Waals surface area (Å²) in [6.45, 7) is 6.25. The van der Waals surface area contributed by atoms with Gasteiger partial charge in [-0.2, -0.15) is 0 Å². The third-order valence-corrected chi connectivity index (χ3v) is 7.15. The first kappa shape index (κ1) is 26.8. The number of benzene rings is 1. The molecule has 37 heavy (non-hydrogen) atoms. The third-order valence-electron chi connectivity index (χ3n) is 7.15. The number of nitrogens with zero attached hydrogens (tertiary/aromatic N) is 4. The smallest absolute Gasteiger partial charge is 0.326 e. The summed E-state index contributed by atoms with van der Waals surface area (Å²) in [5, 5.41) is 27.2. The van der Waals surface area contributed by atoms with Crippen molar-refractivity contribution >= 4 is 28.5 Å². The number of unbranched alkanes of at least 4 members (excludes halogenated alkanes) is 1. The fraction of sp³-hybridized carbons (Fsp3) is 0.500. The number of aryl methyl sites for hydroxylation is 2. The average molecular weight is 507 g/mol. The highest BCUT2D eigenvalue weighted by atomic mass is 16.4. The molecule has 1 unspecified atom stereocenters. The lowest BCUT2D eigenvalue weighted by atomic mass is 10.0. The molecule has 0 bridgehead atoms. The van der Waals surface area contributed by atoms with Crippen LogP contribution in [-0.2, 0) is 17.6 Å². The summed E-state index contributed by atoms with van der Waals surface area (Å²) in [6.07, 6.45) is 6.84. The minimum absolute atomic E-state index is 0.00718. The summed E-state index contributed by atoms with van der Waals surface area (Å²) < 4.78 is 0. The Balaban J connectivity index is 1.34. The van der Waals surface area contributed by atoms with E-state index in [4.69, 9.17) is 4.98 Å². The number of carboxylic acid groups (broad SMARTS) is 1. The highest BCUT2D eigenvalue weighted by Gasteiger charge is 2.28. The van der Waals surface area contributed by atoms with Crippen LogP contribution in [0.1, 0.15) is 50.8 Å². The van der Waals surface area contributed by atoms with Crippen LogP contribution in [0, 0.1) is 0 Å². The predicted molar refractivity (Wildman–Crippen MR) is 146 cm³/mol.